The van der Waals surface area contributed by atoms with Crippen LogP contribution in [0.25, 0.3) is 0 Å². The highest BCUT2D eigenvalue weighted by atomic mass is 14.9. The van der Waals surface area contributed by atoms with Gasteiger partial charge in [0.2, 0.25) is 0 Å². The molecule has 0 aliphatic heterocycles. The average Bonchev–Trinajstić information content (AvgIpc) is 2.37. The summed E-state index contributed by atoms with van der Waals surface area (Å²) in [5.74, 6) is 0. The maximum absolute atomic E-state index is 4.18. The van der Waals surface area contributed by atoms with E-state index in [4.69, 9.17) is 0 Å². The molecular formula is C15H26N2. The molecule has 2 atom stereocenters. The van der Waals surface area contributed by atoms with Crippen LogP contribution in [0.4, 0.5) is 0 Å². The second-order valence-electron chi connectivity index (χ2n) is 4.80. The van der Waals surface area contributed by atoms with Crippen molar-refractivity contribution in [2.45, 2.75) is 65.0 Å². The van der Waals surface area contributed by atoms with E-state index >= 15 is 0 Å². The predicted molar refractivity (Wildman–Crippen MR) is 74.0 cm³/mol. The predicted octanol–water partition coefficient (Wildman–Crippen LogP) is 4.09. The molecule has 0 amide bonds. The molecule has 1 heterocycles. The molecule has 0 aromatic carbocycles. The fraction of sp³-hybridized carbons (Fsp3) is 0.667. The Morgan fingerprint density at radius 3 is 2.65 bits per heavy atom. The van der Waals surface area contributed by atoms with Gasteiger partial charge < -0.3 is 5.32 Å². The number of aromatic nitrogens is 1. The lowest BCUT2D eigenvalue weighted by atomic mass is 10.0. The molecule has 1 aromatic rings. The van der Waals surface area contributed by atoms with E-state index in [2.05, 4.69) is 37.1 Å². The van der Waals surface area contributed by atoms with Gasteiger partial charge in [0, 0.05) is 24.5 Å². The molecule has 0 spiro atoms. The zero-order valence-electron chi connectivity index (χ0n) is 11.4. The molecule has 0 saturated carbocycles. The average molecular weight is 234 g/mol. The Kier molecular flexibility index (Phi) is 6.87. The number of unbranched alkanes of at least 4 members (excludes halogenated alkanes) is 1. The van der Waals surface area contributed by atoms with Crippen molar-refractivity contribution in [1.29, 1.82) is 0 Å². The van der Waals surface area contributed by atoms with Crippen LogP contribution in [0, 0.1) is 0 Å². The van der Waals surface area contributed by atoms with Crippen molar-refractivity contribution >= 4 is 0 Å². The van der Waals surface area contributed by atoms with Crippen LogP contribution in [-0.4, -0.2) is 11.0 Å². The number of hydrogen-bond acceptors (Lipinski definition) is 2. The Bertz CT molecular complexity index is 284. The second kappa shape index (κ2) is 8.24. The third-order valence-corrected chi connectivity index (χ3v) is 3.21. The summed E-state index contributed by atoms with van der Waals surface area (Å²) in [5.41, 5.74) is 1.28. The number of pyridine rings is 1. The largest absolute Gasteiger partial charge is 0.307 e. The standard InChI is InChI=1S/C15H26N2/c1-4-6-10-15(8-5-2)17-13(3)14-9-7-11-16-12-14/h7,9,11-13,15,17H,4-6,8,10H2,1-3H3. The van der Waals surface area contributed by atoms with E-state index in [1.807, 2.05) is 18.5 Å². The first-order chi connectivity index (χ1) is 8.27. The molecule has 2 heteroatoms. The van der Waals surface area contributed by atoms with Crippen LogP contribution in [0.3, 0.4) is 0 Å². The molecule has 0 aliphatic rings. The normalized spacial score (nSPS) is 14.5. The number of nitrogens with zero attached hydrogens (tertiary/aromatic N) is 1. The smallest absolute Gasteiger partial charge is 0.0315 e. The van der Waals surface area contributed by atoms with Gasteiger partial charge in [-0.1, -0.05) is 39.2 Å². The van der Waals surface area contributed by atoms with Crippen molar-refractivity contribution in [3.8, 4) is 0 Å². The Morgan fingerprint density at radius 1 is 1.24 bits per heavy atom. The minimum Gasteiger partial charge on any atom is -0.307 e. The molecule has 1 N–H and O–H groups in total. The number of hydrogen-bond donors (Lipinski definition) is 1. The van der Waals surface area contributed by atoms with Crippen LogP contribution in [0.5, 0.6) is 0 Å². The van der Waals surface area contributed by atoms with Crippen LogP contribution in [-0.2, 0) is 0 Å². The molecule has 96 valence electrons. The van der Waals surface area contributed by atoms with Gasteiger partial charge in [-0.3, -0.25) is 4.98 Å². The Hall–Kier alpha value is -0.890. The molecule has 0 radical (unpaired) electrons. The maximum atomic E-state index is 4.18. The van der Waals surface area contributed by atoms with Gasteiger partial charge in [0.15, 0.2) is 0 Å². The topological polar surface area (TPSA) is 24.9 Å². The molecule has 17 heavy (non-hydrogen) atoms. The molecule has 1 aromatic heterocycles. The van der Waals surface area contributed by atoms with E-state index in [9.17, 15) is 0 Å². The zero-order valence-corrected chi connectivity index (χ0v) is 11.4. The second-order valence-corrected chi connectivity index (χ2v) is 4.80. The minimum atomic E-state index is 0.400. The van der Waals surface area contributed by atoms with E-state index in [-0.39, 0.29) is 0 Å². The third kappa shape index (κ3) is 5.31. The van der Waals surface area contributed by atoms with Crippen LogP contribution in [0.2, 0.25) is 0 Å². The minimum absolute atomic E-state index is 0.400. The first-order valence-electron chi connectivity index (χ1n) is 6.93. The van der Waals surface area contributed by atoms with Crippen molar-refractivity contribution in [1.82, 2.24) is 10.3 Å². The fourth-order valence-electron chi connectivity index (χ4n) is 2.19. The zero-order chi connectivity index (χ0) is 12.5. The monoisotopic (exact) mass is 234 g/mol. The van der Waals surface area contributed by atoms with E-state index in [0.717, 1.165) is 0 Å². The summed E-state index contributed by atoms with van der Waals surface area (Å²) in [7, 11) is 0. The summed E-state index contributed by atoms with van der Waals surface area (Å²) in [4.78, 5) is 4.18. The van der Waals surface area contributed by atoms with E-state index in [0.29, 0.717) is 12.1 Å². The molecule has 2 unspecified atom stereocenters. The summed E-state index contributed by atoms with van der Waals surface area (Å²) in [6, 6.07) is 5.20. The Balaban J connectivity index is 2.48. The first-order valence-corrected chi connectivity index (χ1v) is 6.93. The Labute approximate surface area is 106 Å². The highest BCUT2D eigenvalue weighted by molar-refractivity contribution is 5.12. The van der Waals surface area contributed by atoms with Gasteiger partial charge in [0.1, 0.15) is 0 Å². The van der Waals surface area contributed by atoms with Gasteiger partial charge in [-0.05, 0) is 31.4 Å². The lowest BCUT2D eigenvalue weighted by Gasteiger charge is -2.23. The third-order valence-electron chi connectivity index (χ3n) is 3.21. The molecular weight excluding hydrogens is 208 g/mol. The highest BCUT2D eigenvalue weighted by Crippen LogP contribution is 2.15. The fourth-order valence-corrected chi connectivity index (χ4v) is 2.19. The van der Waals surface area contributed by atoms with E-state index in [1.165, 1.54) is 37.7 Å². The number of nitrogens with one attached hydrogen (secondary N) is 1. The summed E-state index contributed by atoms with van der Waals surface area (Å²) >= 11 is 0. The number of rotatable bonds is 8. The molecule has 0 bridgehead atoms. The Morgan fingerprint density at radius 2 is 2.06 bits per heavy atom. The summed E-state index contributed by atoms with van der Waals surface area (Å²) in [5, 5.41) is 3.73. The molecule has 0 saturated heterocycles. The van der Waals surface area contributed by atoms with Crippen LogP contribution >= 0.6 is 0 Å². The summed E-state index contributed by atoms with van der Waals surface area (Å²) < 4.78 is 0. The van der Waals surface area contributed by atoms with Crippen molar-refractivity contribution in [3.63, 3.8) is 0 Å². The van der Waals surface area contributed by atoms with Crippen molar-refractivity contribution < 1.29 is 0 Å². The van der Waals surface area contributed by atoms with Crippen molar-refractivity contribution in [3.05, 3.63) is 30.1 Å². The van der Waals surface area contributed by atoms with Crippen LogP contribution in [0.1, 0.15) is 64.5 Å². The quantitative estimate of drug-likeness (QED) is 0.732. The van der Waals surface area contributed by atoms with Gasteiger partial charge >= 0.3 is 0 Å². The van der Waals surface area contributed by atoms with Crippen LogP contribution in [0.15, 0.2) is 24.5 Å². The van der Waals surface area contributed by atoms with E-state index in [1.54, 1.807) is 0 Å². The van der Waals surface area contributed by atoms with Gasteiger partial charge in [-0.25, -0.2) is 0 Å². The molecule has 0 aliphatic carbocycles. The molecule has 1 rings (SSSR count). The van der Waals surface area contributed by atoms with E-state index < -0.39 is 0 Å². The van der Waals surface area contributed by atoms with Gasteiger partial charge in [-0.15, -0.1) is 0 Å². The van der Waals surface area contributed by atoms with Crippen molar-refractivity contribution in [2.75, 3.05) is 0 Å². The molecule has 2 nitrogen and oxygen atoms in total. The van der Waals surface area contributed by atoms with Gasteiger partial charge in [-0.2, -0.15) is 0 Å². The maximum Gasteiger partial charge on any atom is 0.0315 e. The van der Waals surface area contributed by atoms with Gasteiger partial charge in [0.25, 0.3) is 0 Å². The van der Waals surface area contributed by atoms with Gasteiger partial charge in [0.05, 0.1) is 0 Å². The summed E-state index contributed by atoms with van der Waals surface area (Å²) in [6.07, 6.45) is 10.2. The lowest BCUT2D eigenvalue weighted by molar-refractivity contribution is 0.395. The van der Waals surface area contributed by atoms with Crippen molar-refractivity contribution in [2.24, 2.45) is 0 Å². The van der Waals surface area contributed by atoms with Crippen LogP contribution < -0.4 is 5.32 Å². The summed E-state index contributed by atoms with van der Waals surface area (Å²) in [6.45, 7) is 6.74. The first kappa shape index (κ1) is 14.2. The lowest BCUT2D eigenvalue weighted by Crippen LogP contribution is -2.31. The molecule has 0 fully saturated rings. The SMILES string of the molecule is CCCCC(CCC)NC(C)c1cccnc1. The highest BCUT2D eigenvalue weighted by Gasteiger charge is 2.12.